The first kappa shape index (κ1) is 15.7. The molecule has 0 atom stereocenters. The van der Waals surface area contributed by atoms with Crippen molar-refractivity contribution < 1.29 is 14.7 Å². The number of primary amides is 1. The molecule has 0 fully saturated rings. The number of nitrogens with one attached hydrogen (secondary N) is 1. The highest BCUT2D eigenvalue weighted by molar-refractivity contribution is 5.92. The fraction of sp³-hybridized carbons (Fsp3) is 0.357. The molecule has 2 amide bonds. The lowest BCUT2D eigenvalue weighted by atomic mass is 10.2. The van der Waals surface area contributed by atoms with Gasteiger partial charge in [-0.05, 0) is 25.0 Å². The van der Waals surface area contributed by atoms with Gasteiger partial charge >= 0.3 is 0 Å². The van der Waals surface area contributed by atoms with Gasteiger partial charge in [0.25, 0.3) is 5.91 Å². The molecule has 0 aliphatic heterocycles. The van der Waals surface area contributed by atoms with Crippen molar-refractivity contribution in [1.29, 1.82) is 0 Å². The van der Waals surface area contributed by atoms with Crippen molar-refractivity contribution in [2.24, 2.45) is 5.73 Å². The molecule has 106 valence electrons. The van der Waals surface area contributed by atoms with E-state index >= 15 is 0 Å². The zero-order valence-electron chi connectivity index (χ0n) is 11.1. The fourth-order valence-corrected chi connectivity index (χ4v) is 1.46. The van der Waals surface area contributed by atoms with Crippen molar-refractivity contribution in [1.82, 2.24) is 10.3 Å². The Morgan fingerprint density at radius 1 is 1.35 bits per heavy atom. The van der Waals surface area contributed by atoms with Crippen LogP contribution in [0.2, 0.25) is 0 Å². The molecule has 20 heavy (non-hydrogen) atoms. The Morgan fingerprint density at radius 2 is 2.15 bits per heavy atom. The normalized spacial score (nSPS) is 9.45. The van der Waals surface area contributed by atoms with Gasteiger partial charge < -0.3 is 16.2 Å². The summed E-state index contributed by atoms with van der Waals surface area (Å²) in [7, 11) is 0. The first-order valence-electron chi connectivity index (χ1n) is 6.25. The standard InChI is InChI=1S/C14H17N3O3/c15-13(19)5-1-2-8-16-14(20)12-7-6-11(10-17-12)4-3-9-18/h6-7,10,18H,1-2,5,8-9H2,(H2,15,19)(H,16,20). The van der Waals surface area contributed by atoms with E-state index in [1.807, 2.05) is 0 Å². The SMILES string of the molecule is NC(=O)CCCCNC(=O)c1ccc(C#CCO)cn1. The van der Waals surface area contributed by atoms with Gasteiger partial charge in [0.2, 0.25) is 5.91 Å². The lowest BCUT2D eigenvalue weighted by Gasteiger charge is -2.04. The number of rotatable bonds is 6. The molecule has 0 spiro atoms. The minimum absolute atomic E-state index is 0.215. The van der Waals surface area contributed by atoms with Gasteiger partial charge in [0.15, 0.2) is 0 Å². The number of hydrogen-bond donors (Lipinski definition) is 3. The first-order valence-corrected chi connectivity index (χ1v) is 6.25. The molecule has 1 aromatic heterocycles. The van der Waals surface area contributed by atoms with E-state index in [0.717, 1.165) is 0 Å². The number of carbonyl (C=O) groups is 2. The number of carbonyl (C=O) groups excluding carboxylic acids is 2. The third-order valence-corrected chi connectivity index (χ3v) is 2.44. The van der Waals surface area contributed by atoms with Crippen molar-refractivity contribution >= 4 is 11.8 Å². The van der Waals surface area contributed by atoms with E-state index in [9.17, 15) is 9.59 Å². The van der Waals surface area contributed by atoms with Gasteiger partial charge in [-0.3, -0.25) is 9.59 Å². The number of pyridine rings is 1. The quantitative estimate of drug-likeness (QED) is 0.494. The van der Waals surface area contributed by atoms with Gasteiger partial charge in [-0.2, -0.15) is 0 Å². The van der Waals surface area contributed by atoms with Crippen molar-refractivity contribution in [2.45, 2.75) is 19.3 Å². The Morgan fingerprint density at radius 3 is 2.75 bits per heavy atom. The number of nitrogens with two attached hydrogens (primary N) is 1. The Hall–Kier alpha value is -2.39. The Labute approximate surface area is 117 Å². The van der Waals surface area contributed by atoms with Crippen molar-refractivity contribution in [3.8, 4) is 11.8 Å². The van der Waals surface area contributed by atoms with E-state index in [2.05, 4.69) is 22.1 Å². The molecule has 6 heteroatoms. The molecule has 0 saturated carbocycles. The largest absolute Gasteiger partial charge is 0.384 e. The Bertz CT molecular complexity index is 515. The van der Waals surface area contributed by atoms with Crippen LogP contribution in [0.15, 0.2) is 18.3 Å². The molecule has 4 N–H and O–H groups in total. The summed E-state index contributed by atoms with van der Waals surface area (Å²) in [6.07, 6.45) is 3.14. The van der Waals surface area contributed by atoms with Crippen LogP contribution in [-0.2, 0) is 4.79 Å². The first-order chi connectivity index (χ1) is 9.63. The van der Waals surface area contributed by atoms with Crippen LogP contribution in [0.3, 0.4) is 0 Å². The molecule has 1 heterocycles. The average molecular weight is 275 g/mol. The molecular formula is C14H17N3O3. The molecule has 1 rings (SSSR count). The molecular weight excluding hydrogens is 258 g/mol. The number of aromatic nitrogens is 1. The summed E-state index contributed by atoms with van der Waals surface area (Å²) in [6, 6.07) is 3.23. The molecule has 0 aliphatic carbocycles. The monoisotopic (exact) mass is 275 g/mol. The summed E-state index contributed by atoms with van der Waals surface area (Å²) in [5.41, 5.74) is 5.95. The molecule has 0 unspecified atom stereocenters. The summed E-state index contributed by atoms with van der Waals surface area (Å²) < 4.78 is 0. The van der Waals surface area contributed by atoms with E-state index in [0.29, 0.717) is 37.1 Å². The second-order valence-electron chi connectivity index (χ2n) is 4.07. The summed E-state index contributed by atoms with van der Waals surface area (Å²) in [4.78, 5) is 26.2. The maximum atomic E-state index is 11.7. The van der Waals surface area contributed by atoms with E-state index in [1.165, 1.54) is 6.20 Å². The molecule has 0 saturated heterocycles. The van der Waals surface area contributed by atoms with Crippen LogP contribution >= 0.6 is 0 Å². The number of nitrogens with zero attached hydrogens (tertiary/aromatic N) is 1. The van der Waals surface area contributed by atoms with Crippen molar-refractivity contribution in [3.05, 3.63) is 29.6 Å². The van der Waals surface area contributed by atoms with E-state index < -0.39 is 0 Å². The third-order valence-electron chi connectivity index (χ3n) is 2.44. The zero-order valence-corrected chi connectivity index (χ0v) is 11.1. The zero-order chi connectivity index (χ0) is 14.8. The number of aliphatic hydroxyl groups is 1. The van der Waals surface area contributed by atoms with Gasteiger partial charge in [0.05, 0.1) is 0 Å². The van der Waals surface area contributed by atoms with Gasteiger partial charge in [0.1, 0.15) is 12.3 Å². The summed E-state index contributed by atoms with van der Waals surface area (Å²) >= 11 is 0. The van der Waals surface area contributed by atoms with E-state index in [1.54, 1.807) is 12.1 Å². The highest BCUT2D eigenvalue weighted by Crippen LogP contribution is 1.99. The van der Waals surface area contributed by atoms with Crippen LogP contribution in [0.25, 0.3) is 0 Å². The average Bonchev–Trinajstić information content (AvgIpc) is 2.44. The van der Waals surface area contributed by atoms with Gasteiger partial charge in [-0.25, -0.2) is 4.98 Å². The predicted molar refractivity (Wildman–Crippen MR) is 73.6 cm³/mol. The van der Waals surface area contributed by atoms with Crippen molar-refractivity contribution in [2.75, 3.05) is 13.2 Å². The minimum atomic E-state index is -0.336. The Kier molecular flexibility index (Phi) is 6.79. The maximum Gasteiger partial charge on any atom is 0.269 e. The molecule has 0 bridgehead atoms. The molecule has 0 aromatic carbocycles. The van der Waals surface area contributed by atoms with E-state index in [-0.39, 0.29) is 18.4 Å². The molecule has 1 aromatic rings. The predicted octanol–water partition coefficient (Wildman–Crippen LogP) is -0.189. The number of unbranched alkanes of at least 4 members (excludes halogenated alkanes) is 1. The van der Waals surface area contributed by atoms with Crippen molar-refractivity contribution in [3.63, 3.8) is 0 Å². The summed E-state index contributed by atoms with van der Waals surface area (Å²) in [5, 5.41) is 11.3. The lowest BCUT2D eigenvalue weighted by molar-refractivity contribution is -0.118. The second-order valence-corrected chi connectivity index (χ2v) is 4.07. The highest BCUT2D eigenvalue weighted by atomic mass is 16.2. The van der Waals surface area contributed by atoms with Crippen LogP contribution in [0.4, 0.5) is 0 Å². The van der Waals surface area contributed by atoms with Gasteiger partial charge in [-0.1, -0.05) is 11.8 Å². The third kappa shape index (κ3) is 5.98. The topological polar surface area (TPSA) is 105 Å². The number of amides is 2. The maximum absolute atomic E-state index is 11.7. The Balaban J connectivity index is 2.38. The van der Waals surface area contributed by atoms with Crippen LogP contribution in [0.5, 0.6) is 0 Å². The second kappa shape index (κ2) is 8.67. The highest BCUT2D eigenvalue weighted by Gasteiger charge is 2.05. The molecule has 6 nitrogen and oxygen atoms in total. The number of aliphatic hydroxyl groups excluding tert-OH is 1. The van der Waals surface area contributed by atoms with Crippen LogP contribution in [0.1, 0.15) is 35.3 Å². The molecule has 0 radical (unpaired) electrons. The van der Waals surface area contributed by atoms with Gasteiger partial charge in [-0.15, -0.1) is 0 Å². The van der Waals surface area contributed by atoms with Crippen LogP contribution in [0, 0.1) is 11.8 Å². The smallest absolute Gasteiger partial charge is 0.269 e. The van der Waals surface area contributed by atoms with Crippen LogP contribution in [-0.4, -0.2) is 35.1 Å². The number of hydrogen-bond acceptors (Lipinski definition) is 4. The van der Waals surface area contributed by atoms with Gasteiger partial charge in [0, 0.05) is 24.7 Å². The fourth-order valence-electron chi connectivity index (χ4n) is 1.46. The van der Waals surface area contributed by atoms with E-state index in [4.69, 9.17) is 10.8 Å². The summed E-state index contributed by atoms with van der Waals surface area (Å²) in [6.45, 7) is 0.257. The minimum Gasteiger partial charge on any atom is -0.384 e. The van der Waals surface area contributed by atoms with Crippen LogP contribution < -0.4 is 11.1 Å². The summed E-state index contributed by atoms with van der Waals surface area (Å²) in [5.74, 6) is 4.58. The lowest BCUT2D eigenvalue weighted by Crippen LogP contribution is -2.25. The molecule has 0 aliphatic rings.